The fourth-order valence-electron chi connectivity index (χ4n) is 3.30. The summed E-state index contributed by atoms with van der Waals surface area (Å²) in [4.78, 5) is 13.7. The smallest absolute Gasteiger partial charge is 0.284 e. The number of hydrogen-bond acceptors (Lipinski definition) is 5. The highest BCUT2D eigenvalue weighted by Gasteiger charge is 2.34. The Morgan fingerprint density at radius 1 is 1.10 bits per heavy atom. The van der Waals surface area contributed by atoms with Gasteiger partial charge in [-0.15, -0.1) is 11.3 Å². The summed E-state index contributed by atoms with van der Waals surface area (Å²) in [6, 6.07) is 20.3. The van der Waals surface area contributed by atoms with Gasteiger partial charge in [0.15, 0.2) is 0 Å². The summed E-state index contributed by atoms with van der Waals surface area (Å²) in [5.41, 5.74) is 2.98. The minimum absolute atomic E-state index is 0.144. The van der Waals surface area contributed by atoms with E-state index in [1.807, 2.05) is 47.8 Å². The van der Waals surface area contributed by atoms with E-state index in [1.165, 1.54) is 16.3 Å². The van der Waals surface area contributed by atoms with Gasteiger partial charge in [-0.3, -0.25) is 9.52 Å². The Morgan fingerprint density at radius 3 is 2.59 bits per heavy atom. The van der Waals surface area contributed by atoms with E-state index in [9.17, 15) is 13.2 Å². The number of sulfonamides is 1. The molecular formula is C21H19N3O3S2. The second-order valence-electron chi connectivity index (χ2n) is 6.76. The molecule has 0 bridgehead atoms. The average Bonchev–Trinajstić information content (AvgIpc) is 3.37. The third-order valence-corrected chi connectivity index (χ3v) is 6.00. The van der Waals surface area contributed by atoms with E-state index >= 15 is 0 Å². The molecule has 2 heterocycles. The van der Waals surface area contributed by atoms with Crippen molar-refractivity contribution in [3.63, 3.8) is 0 Å². The molecule has 1 aliphatic rings. The van der Waals surface area contributed by atoms with Gasteiger partial charge in [0.05, 0.1) is 22.9 Å². The summed E-state index contributed by atoms with van der Waals surface area (Å²) in [6.07, 6.45) is 1.66. The van der Waals surface area contributed by atoms with Gasteiger partial charge >= 0.3 is 0 Å². The Bertz CT molecular complexity index is 1160. The van der Waals surface area contributed by atoms with Crippen molar-refractivity contribution in [1.29, 1.82) is 0 Å². The molecule has 1 aliphatic heterocycles. The van der Waals surface area contributed by atoms with E-state index < -0.39 is 10.0 Å². The number of nitrogens with zero attached hydrogens (tertiary/aromatic N) is 2. The van der Waals surface area contributed by atoms with Crippen LogP contribution in [0, 0.1) is 0 Å². The molecule has 0 saturated heterocycles. The molecule has 1 N–H and O–H groups in total. The monoisotopic (exact) mass is 425 g/mol. The largest absolute Gasteiger partial charge is 0.284 e. The molecular weight excluding hydrogens is 406 g/mol. The lowest BCUT2D eigenvalue weighted by atomic mass is 9.98. The van der Waals surface area contributed by atoms with Gasteiger partial charge < -0.3 is 0 Å². The Hall–Kier alpha value is -2.97. The normalized spacial score (nSPS) is 16.5. The van der Waals surface area contributed by atoms with Crippen LogP contribution >= 0.6 is 11.3 Å². The predicted octanol–water partition coefficient (Wildman–Crippen LogP) is 4.11. The number of benzene rings is 2. The van der Waals surface area contributed by atoms with E-state index in [2.05, 4.69) is 9.82 Å². The molecule has 2 aromatic carbocycles. The quantitative estimate of drug-likeness (QED) is 0.668. The highest BCUT2D eigenvalue weighted by Crippen LogP contribution is 2.34. The number of anilines is 1. The lowest BCUT2D eigenvalue weighted by Crippen LogP contribution is -2.26. The molecule has 4 rings (SSSR count). The molecule has 1 aromatic heterocycles. The van der Waals surface area contributed by atoms with Gasteiger partial charge in [0.2, 0.25) is 10.0 Å². The molecule has 0 saturated carbocycles. The molecule has 0 aliphatic carbocycles. The van der Waals surface area contributed by atoms with E-state index in [0.717, 1.165) is 23.1 Å². The summed E-state index contributed by atoms with van der Waals surface area (Å²) in [6.45, 7) is 0. The lowest BCUT2D eigenvalue weighted by Gasteiger charge is -2.21. The standard InChI is InChI=1S/C21H19N3O3S2/c1-29(26,27)23-17-10-5-9-16(13-17)18-14-19(15-7-3-2-4-8-15)24(22-18)21(25)20-11-6-12-28-20/h2-13,19,23H,14H2,1H3. The van der Waals surface area contributed by atoms with Crippen molar-refractivity contribution in [2.45, 2.75) is 12.5 Å². The van der Waals surface area contributed by atoms with Gasteiger partial charge in [0.1, 0.15) is 0 Å². The molecule has 1 unspecified atom stereocenters. The zero-order chi connectivity index (χ0) is 20.4. The van der Waals surface area contributed by atoms with Crippen molar-refractivity contribution in [3.05, 3.63) is 88.1 Å². The summed E-state index contributed by atoms with van der Waals surface area (Å²) in [5, 5.41) is 8.04. The highest BCUT2D eigenvalue weighted by molar-refractivity contribution is 7.92. The minimum atomic E-state index is -3.38. The van der Waals surface area contributed by atoms with Crippen LogP contribution in [0.2, 0.25) is 0 Å². The Kier molecular flexibility index (Phi) is 5.21. The van der Waals surface area contributed by atoms with Crippen LogP contribution in [0.15, 0.2) is 77.2 Å². The number of carbonyl (C=O) groups excluding carboxylic acids is 1. The van der Waals surface area contributed by atoms with Crippen LogP contribution in [0.4, 0.5) is 5.69 Å². The number of thiophene rings is 1. The van der Waals surface area contributed by atoms with Crippen LogP contribution in [0.5, 0.6) is 0 Å². The van der Waals surface area contributed by atoms with Crippen molar-refractivity contribution in [3.8, 4) is 0 Å². The zero-order valence-corrected chi connectivity index (χ0v) is 17.3. The van der Waals surface area contributed by atoms with E-state index in [-0.39, 0.29) is 11.9 Å². The van der Waals surface area contributed by atoms with Gasteiger partial charge in [-0.25, -0.2) is 13.4 Å². The van der Waals surface area contributed by atoms with Gasteiger partial charge in [0.25, 0.3) is 5.91 Å². The molecule has 0 radical (unpaired) electrons. The van der Waals surface area contributed by atoms with Gasteiger partial charge in [-0.2, -0.15) is 5.10 Å². The van der Waals surface area contributed by atoms with E-state index in [4.69, 9.17) is 0 Å². The molecule has 1 amide bonds. The second kappa shape index (κ2) is 7.81. The highest BCUT2D eigenvalue weighted by atomic mass is 32.2. The first-order valence-corrected chi connectivity index (χ1v) is 11.8. The fourth-order valence-corrected chi connectivity index (χ4v) is 4.51. The zero-order valence-electron chi connectivity index (χ0n) is 15.6. The van der Waals surface area contributed by atoms with Crippen LogP contribution in [-0.2, 0) is 10.0 Å². The number of rotatable bonds is 5. The molecule has 8 heteroatoms. The van der Waals surface area contributed by atoms with Crippen LogP contribution in [-0.4, -0.2) is 31.3 Å². The molecule has 29 heavy (non-hydrogen) atoms. The first-order chi connectivity index (χ1) is 13.9. The SMILES string of the molecule is CS(=O)(=O)Nc1cccc(C2=NN(C(=O)c3cccs3)C(c3ccccc3)C2)c1. The van der Waals surface area contributed by atoms with Crippen LogP contribution in [0.3, 0.4) is 0 Å². The maximum Gasteiger partial charge on any atom is 0.284 e. The molecule has 0 fully saturated rings. The van der Waals surface area contributed by atoms with Gasteiger partial charge in [0, 0.05) is 12.1 Å². The number of amides is 1. The summed E-state index contributed by atoms with van der Waals surface area (Å²) < 4.78 is 25.6. The second-order valence-corrected chi connectivity index (χ2v) is 9.46. The third kappa shape index (κ3) is 4.38. The van der Waals surface area contributed by atoms with Gasteiger partial charge in [-0.05, 0) is 34.7 Å². The van der Waals surface area contributed by atoms with Gasteiger partial charge in [-0.1, -0.05) is 48.5 Å². The van der Waals surface area contributed by atoms with E-state index in [1.54, 1.807) is 24.3 Å². The molecule has 0 spiro atoms. The Balaban J connectivity index is 1.70. The van der Waals surface area contributed by atoms with Crippen molar-refractivity contribution in [2.24, 2.45) is 5.10 Å². The maximum atomic E-state index is 13.1. The first kappa shape index (κ1) is 19.4. The van der Waals surface area contributed by atoms with Crippen molar-refractivity contribution >= 4 is 38.7 Å². The maximum absolute atomic E-state index is 13.1. The summed E-state index contributed by atoms with van der Waals surface area (Å²) in [5.74, 6) is -0.144. The Labute approximate surface area is 173 Å². The first-order valence-electron chi connectivity index (χ1n) is 8.98. The molecule has 3 aromatic rings. The third-order valence-electron chi connectivity index (χ3n) is 4.53. The van der Waals surface area contributed by atoms with Crippen LogP contribution < -0.4 is 4.72 Å². The fraction of sp³-hybridized carbons (Fsp3) is 0.143. The number of nitrogens with one attached hydrogen (secondary N) is 1. The average molecular weight is 426 g/mol. The molecule has 1 atom stereocenters. The van der Waals surface area contributed by atoms with Crippen molar-refractivity contribution < 1.29 is 13.2 Å². The Morgan fingerprint density at radius 2 is 1.90 bits per heavy atom. The predicted molar refractivity (Wildman–Crippen MR) is 116 cm³/mol. The molecule has 148 valence electrons. The summed E-state index contributed by atoms with van der Waals surface area (Å²) >= 11 is 1.38. The number of hydrazone groups is 1. The lowest BCUT2D eigenvalue weighted by molar-refractivity contribution is 0.0716. The number of hydrogen-bond donors (Lipinski definition) is 1. The van der Waals surface area contributed by atoms with Crippen LogP contribution in [0.25, 0.3) is 0 Å². The minimum Gasteiger partial charge on any atom is -0.284 e. The van der Waals surface area contributed by atoms with Crippen molar-refractivity contribution in [2.75, 3.05) is 11.0 Å². The number of carbonyl (C=O) groups is 1. The van der Waals surface area contributed by atoms with Crippen LogP contribution in [0.1, 0.15) is 33.3 Å². The van der Waals surface area contributed by atoms with Crippen molar-refractivity contribution in [1.82, 2.24) is 5.01 Å². The summed E-state index contributed by atoms with van der Waals surface area (Å²) in [7, 11) is -3.38. The topological polar surface area (TPSA) is 78.8 Å². The molecule has 6 nitrogen and oxygen atoms in total. The van der Waals surface area contributed by atoms with E-state index in [0.29, 0.717) is 17.0 Å².